The lowest BCUT2D eigenvalue weighted by Gasteiger charge is -2.34. The molecule has 0 unspecified atom stereocenters. The Balaban J connectivity index is 1.37. The quantitative estimate of drug-likeness (QED) is 0.789. The standard InChI is InChI=1S/C25H32N4O2/c1-27(18-20-10-5-6-14-23(20)28-15-7-8-16-28)24(30)21-11-9-17-29(19-21)25(31)26-22-12-3-2-4-13-22/h2-6,10,12-14,21H,7-9,11,15-19H2,1H3,(H,26,31)/t21-/m1/s1. The lowest BCUT2D eigenvalue weighted by Crippen LogP contribution is -2.47. The molecule has 2 aliphatic heterocycles. The Morgan fingerprint density at radius 1 is 0.968 bits per heavy atom. The van der Waals surface area contributed by atoms with Gasteiger partial charge in [0.05, 0.1) is 5.92 Å². The van der Waals surface area contributed by atoms with Gasteiger partial charge in [0.2, 0.25) is 5.91 Å². The third-order valence-corrected chi connectivity index (χ3v) is 6.31. The molecule has 3 amide bonds. The Labute approximate surface area is 184 Å². The molecule has 164 valence electrons. The van der Waals surface area contributed by atoms with Crippen molar-refractivity contribution in [1.29, 1.82) is 0 Å². The summed E-state index contributed by atoms with van der Waals surface area (Å²) < 4.78 is 0. The first-order chi connectivity index (χ1) is 15.1. The van der Waals surface area contributed by atoms with E-state index in [0.29, 0.717) is 19.6 Å². The van der Waals surface area contributed by atoms with Crippen molar-refractivity contribution < 1.29 is 9.59 Å². The minimum absolute atomic E-state index is 0.119. The second-order valence-corrected chi connectivity index (χ2v) is 8.60. The number of amides is 3. The third-order valence-electron chi connectivity index (χ3n) is 6.31. The van der Waals surface area contributed by atoms with Crippen molar-refractivity contribution >= 4 is 23.3 Å². The Kier molecular flexibility index (Phi) is 6.75. The molecule has 0 aliphatic carbocycles. The summed E-state index contributed by atoms with van der Waals surface area (Å²) in [5, 5.41) is 2.94. The summed E-state index contributed by atoms with van der Waals surface area (Å²) in [6.07, 6.45) is 4.13. The van der Waals surface area contributed by atoms with Crippen molar-refractivity contribution in [2.45, 2.75) is 32.2 Å². The van der Waals surface area contributed by atoms with Crippen LogP contribution in [0.5, 0.6) is 0 Å². The van der Waals surface area contributed by atoms with Crippen LogP contribution in [0.15, 0.2) is 54.6 Å². The van der Waals surface area contributed by atoms with Crippen LogP contribution in [0.1, 0.15) is 31.2 Å². The van der Waals surface area contributed by atoms with Gasteiger partial charge in [-0.3, -0.25) is 4.79 Å². The van der Waals surface area contributed by atoms with Crippen LogP contribution < -0.4 is 10.2 Å². The molecule has 6 heteroatoms. The molecule has 0 radical (unpaired) electrons. The van der Waals surface area contributed by atoms with Crippen LogP contribution in [-0.4, -0.2) is 55.0 Å². The zero-order chi connectivity index (χ0) is 21.6. The van der Waals surface area contributed by atoms with Gasteiger partial charge in [0, 0.05) is 51.1 Å². The maximum absolute atomic E-state index is 13.2. The number of rotatable bonds is 5. The number of hydrogen-bond donors (Lipinski definition) is 1. The predicted molar refractivity (Wildman–Crippen MR) is 124 cm³/mol. The van der Waals surface area contributed by atoms with Crippen LogP contribution in [0.3, 0.4) is 0 Å². The molecule has 0 saturated carbocycles. The van der Waals surface area contributed by atoms with E-state index in [4.69, 9.17) is 0 Å². The number of para-hydroxylation sites is 2. The topological polar surface area (TPSA) is 55.9 Å². The molecule has 2 fully saturated rings. The molecule has 0 bridgehead atoms. The first-order valence-corrected chi connectivity index (χ1v) is 11.3. The van der Waals surface area contributed by atoms with E-state index >= 15 is 0 Å². The number of urea groups is 1. The number of piperidine rings is 1. The molecule has 2 saturated heterocycles. The van der Waals surface area contributed by atoms with Gasteiger partial charge in [-0.25, -0.2) is 4.79 Å². The number of likely N-dealkylation sites (tertiary alicyclic amines) is 1. The number of carbonyl (C=O) groups excluding carboxylic acids is 2. The fourth-order valence-corrected chi connectivity index (χ4v) is 4.64. The van der Waals surface area contributed by atoms with E-state index in [-0.39, 0.29) is 17.9 Å². The van der Waals surface area contributed by atoms with E-state index in [1.54, 1.807) is 4.90 Å². The number of carbonyl (C=O) groups is 2. The van der Waals surface area contributed by atoms with Crippen LogP contribution in [0.2, 0.25) is 0 Å². The van der Waals surface area contributed by atoms with Gasteiger partial charge in [0.25, 0.3) is 0 Å². The zero-order valence-electron chi connectivity index (χ0n) is 18.3. The van der Waals surface area contributed by atoms with Crippen molar-refractivity contribution in [1.82, 2.24) is 9.80 Å². The molecule has 31 heavy (non-hydrogen) atoms. The summed E-state index contributed by atoms with van der Waals surface area (Å²) in [7, 11) is 1.88. The number of hydrogen-bond acceptors (Lipinski definition) is 3. The monoisotopic (exact) mass is 420 g/mol. The first kappa shape index (κ1) is 21.2. The molecule has 0 spiro atoms. The third kappa shape index (κ3) is 5.19. The first-order valence-electron chi connectivity index (χ1n) is 11.3. The van der Waals surface area contributed by atoms with Gasteiger partial charge in [-0.2, -0.15) is 0 Å². The van der Waals surface area contributed by atoms with E-state index < -0.39 is 0 Å². The van der Waals surface area contributed by atoms with Crippen molar-refractivity contribution in [2.24, 2.45) is 5.92 Å². The van der Waals surface area contributed by atoms with Crippen molar-refractivity contribution in [3.05, 3.63) is 60.2 Å². The lowest BCUT2D eigenvalue weighted by atomic mass is 9.96. The molecular formula is C25H32N4O2. The summed E-state index contributed by atoms with van der Waals surface area (Å²) >= 11 is 0. The fraction of sp³-hybridized carbons (Fsp3) is 0.440. The van der Waals surface area contributed by atoms with Gasteiger partial charge in [-0.1, -0.05) is 36.4 Å². The molecule has 1 atom stereocenters. The average Bonchev–Trinajstić information content (AvgIpc) is 3.34. The number of anilines is 2. The molecule has 1 N–H and O–H groups in total. The highest BCUT2D eigenvalue weighted by Gasteiger charge is 2.30. The Bertz CT molecular complexity index is 895. The summed E-state index contributed by atoms with van der Waals surface area (Å²) in [5.41, 5.74) is 3.21. The Morgan fingerprint density at radius 3 is 2.45 bits per heavy atom. The van der Waals surface area contributed by atoms with Crippen molar-refractivity contribution in [3.8, 4) is 0 Å². The molecule has 6 nitrogen and oxygen atoms in total. The van der Waals surface area contributed by atoms with Crippen LogP contribution in [0.25, 0.3) is 0 Å². The second kappa shape index (κ2) is 9.86. The second-order valence-electron chi connectivity index (χ2n) is 8.60. The Hall–Kier alpha value is -3.02. The number of benzene rings is 2. The maximum atomic E-state index is 13.2. The average molecular weight is 421 g/mol. The van der Waals surface area contributed by atoms with Gasteiger partial charge in [-0.05, 0) is 49.4 Å². The van der Waals surface area contributed by atoms with Gasteiger partial charge >= 0.3 is 6.03 Å². The van der Waals surface area contributed by atoms with Crippen LogP contribution in [0, 0.1) is 5.92 Å². The van der Waals surface area contributed by atoms with Crippen LogP contribution in [0.4, 0.5) is 16.2 Å². The SMILES string of the molecule is CN(Cc1ccccc1N1CCCC1)C(=O)[C@@H]1CCCN(C(=O)Nc2ccccc2)C1. The summed E-state index contributed by atoms with van der Waals surface area (Å²) in [6, 6.07) is 17.7. The molecule has 0 aromatic heterocycles. The van der Waals surface area contributed by atoms with Gasteiger partial charge in [-0.15, -0.1) is 0 Å². The van der Waals surface area contributed by atoms with E-state index in [1.807, 2.05) is 48.3 Å². The highest BCUT2D eigenvalue weighted by molar-refractivity contribution is 5.90. The van der Waals surface area contributed by atoms with Crippen LogP contribution >= 0.6 is 0 Å². The minimum Gasteiger partial charge on any atom is -0.371 e. The minimum atomic E-state index is -0.153. The smallest absolute Gasteiger partial charge is 0.321 e. The number of nitrogens with zero attached hydrogens (tertiary/aromatic N) is 3. The largest absolute Gasteiger partial charge is 0.371 e. The zero-order valence-corrected chi connectivity index (χ0v) is 18.3. The summed E-state index contributed by atoms with van der Waals surface area (Å²) in [6.45, 7) is 3.92. The molecule has 2 aromatic carbocycles. The predicted octanol–water partition coefficient (Wildman–Crippen LogP) is 4.19. The molecule has 4 rings (SSSR count). The van der Waals surface area contributed by atoms with Crippen molar-refractivity contribution in [3.63, 3.8) is 0 Å². The van der Waals surface area contributed by atoms with Crippen molar-refractivity contribution in [2.75, 3.05) is 43.4 Å². The molecule has 2 heterocycles. The van der Waals surface area contributed by atoms with E-state index in [1.165, 1.54) is 24.1 Å². The van der Waals surface area contributed by atoms with E-state index in [0.717, 1.165) is 31.6 Å². The lowest BCUT2D eigenvalue weighted by molar-refractivity contribution is -0.136. The van der Waals surface area contributed by atoms with Gasteiger partial charge in [0.15, 0.2) is 0 Å². The van der Waals surface area contributed by atoms with E-state index in [2.05, 4.69) is 28.4 Å². The fourth-order valence-electron chi connectivity index (χ4n) is 4.64. The summed E-state index contributed by atoms with van der Waals surface area (Å²) in [4.78, 5) is 31.9. The molecular weight excluding hydrogens is 388 g/mol. The Morgan fingerprint density at radius 2 is 1.68 bits per heavy atom. The number of nitrogens with one attached hydrogen (secondary N) is 1. The van der Waals surface area contributed by atoms with Gasteiger partial charge in [0.1, 0.15) is 0 Å². The maximum Gasteiger partial charge on any atom is 0.321 e. The highest BCUT2D eigenvalue weighted by atomic mass is 16.2. The highest BCUT2D eigenvalue weighted by Crippen LogP contribution is 2.26. The van der Waals surface area contributed by atoms with Crippen LogP contribution in [-0.2, 0) is 11.3 Å². The molecule has 2 aliphatic rings. The van der Waals surface area contributed by atoms with Gasteiger partial charge < -0.3 is 20.0 Å². The summed E-state index contributed by atoms with van der Waals surface area (Å²) in [5.74, 6) is -0.0346. The molecule has 2 aromatic rings. The normalized spacial score (nSPS) is 18.7. The van der Waals surface area contributed by atoms with E-state index in [9.17, 15) is 9.59 Å².